The van der Waals surface area contributed by atoms with E-state index in [1.807, 2.05) is 6.07 Å². The third-order valence-electron chi connectivity index (χ3n) is 5.11. The highest BCUT2D eigenvalue weighted by atomic mass is 16.6. The predicted octanol–water partition coefficient (Wildman–Crippen LogP) is 4.67. The molecule has 1 aliphatic heterocycles. The summed E-state index contributed by atoms with van der Waals surface area (Å²) in [6.45, 7) is 3.89. The fraction of sp³-hybridized carbons (Fsp3) is 0.280. The predicted molar refractivity (Wildman–Crippen MR) is 112 cm³/mol. The topological polar surface area (TPSA) is 25.0 Å². The minimum absolute atomic E-state index is 0.240. The number of ether oxygens (including phenoxy) is 2. The van der Waals surface area contributed by atoms with Gasteiger partial charge in [-0.15, -0.1) is 0 Å². The van der Waals surface area contributed by atoms with Crippen molar-refractivity contribution in [1.82, 2.24) is 4.90 Å². The van der Waals surface area contributed by atoms with Gasteiger partial charge in [-0.25, -0.2) is 0 Å². The molecule has 0 amide bonds. The molecule has 1 fully saturated rings. The number of rotatable bonds is 10. The lowest BCUT2D eigenvalue weighted by Gasteiger charge is -2.31. The van der Waals surface area contributed by atoms with E-state index in [0.29, 0.717) is 13.2 Å². The van der Waals surface area contributed by atoms with Crippen molar-refractivity contribution in [3.8, 4) is 0 Å². The van der Waals surface area contributed by atoms with Crippen LogP contribution in [0.3, 0.4) is 0 Å². The standard InChI is InChI=1S/C25H27NO2/c1-4-10-21(11-5-1)16-26(17-22-12-6-2-7-13-22)24(25-20-28-25)19-27-18-23-14-8-3-9-15-23/h1-15,24-25H,16-20H2/t24-,25-/m0/s1. The van der Waals surface area contributed by atoms with E-state index in [1.165, 1.54) is 16.7 Å². The van der Waals surface area contributed by atoms with E-state index in [1.54, 1.807) is 0 Å². The molecule has 3 aromatic carbocycles. The maximum atomic E-state index is 6.12. The molecule has 1 saturated heterocycles. The zero-order chi connectivity index (χ0) is 19.0. The van der Waals surface area contributed by atoms with Gasteiger partial charge in [-0.1, -0.05) is 91.0 Å². The summed E-state index contributed by atoms with van der Waals surface area (Å²) in [6, 6.07) is 31.9. The zero-order valence-electron chi connectivity index (χ0n) is 16.1. The number of hydrogen-bond donors (Lipinski definition) is 0. The van der Waals surface area contributed by atoms with Gasteiger partial charge in [0.05, 0.1) is 32.0 Å². The maximum absolute atomic E-state index is 6.12. The molecule has 0 N–H and O–H groups in total. The Labute approximate surface area is 167 Å². The van der Waals surface area contributed by atoms with Crippen molar-refractivity contribution >= 4 is 0 Å². The molecule has 0 radical (unpaired) electrons. The molecule has 0 aromatic heterocycles. The van der Waals surface area contributed by atoms with Crippen LogP contribution in [-0.4, -0.2) is 30.3 Å². The fourth-order valence-corrected chi connectivity index (χ4v) is 3.52. The Morgan fingerprint density at radius 1 is 0.750 bits per heavy atom. The fourth-order valence-electron chi connectivity index (χ4n) is 3.52. The maximum Gasteiger partial charge on any atom is 0.0987 e. The molecular weight excluding hydrogens is 346 g/mol. The van der Waals surface area contributed by atoms with Crippen LogP contribution < -0.4 is 0 Å². The molecule has 4 rings (SSSR count). The monoisotopic (exact) mass is 373 g/mol. The van der Waals surface area contributed by atoms with E-state index in [9.17, 15) is 0 Å². The Hall–Kier alpha value is -2.46. The molecule has 1 heterocycles. The van der Waals surface area contributed by atoms with Gasteiger partial charge in [-0.05, 0) is 16.7 Å². The summed E-state index contributed by atoms with van der Waals surface area (Å²) < 4.78 is 11.8. The number of nitrogens with zero attached hydrogens (tertiary/aromatic N) is 1. The molecule has 1 aliphatic rings. The van der Waals surface area contributed by atoms with Gasteiger partial charge in [0.1, 0.15) is 0 Å². The van der Waals surface area contributed by atoms with Crippen LogP contribution in [0.25, 0.3) is 0 Å². The van der Waals surface area contributed by atoms with Gasteiger partial charge >= 0.3 is 0 Å². The van der Waals surface area contributed by atoms with Gasteiger partial charge in [0.15, 0.2) is 0 Å². The Bertz CT molecular complexity index is 777. The number of hydrogen-bond acceptors (Lipinski definition) is 3. The quantitative estimate of drug-likeness (QED) is 0.483. The normalized spacial score (nSPS) is 16.8. The van der Waals surface area contributed by atoms with Crippen LogP contribution in [0.2, 0.25) is 0 Å². The highest BCUT2D eigenvalue weighted by Crippen LogP contribution is 2.24. The Morgan fingerprint density at radius 2 is 1.21 bits per heavy atom. The van der Waals surface area contributed by atoms with Crippen LogP contribution in [0.5, 0.6) is 0 Å². The highest BCUT2D eigenvalue weighted by molar-refractivity contribution is 5.18. The second kappa shape index (κ2) is 9.65. The summed E-state index contributed by atoms with van der Waals surface area (Å²) in [5.74, 6) is 0. The van der Waals surface area contributed by atoms with Crippen LogP contribution in [-0.2, 0) is 29.2 Å². The zero-order valence-corrected chi connectivity index (χ0v) is 16.1. The van der Waals surface area contributed by atoms with Gasteiger partial charge in [0.25, 0.3) is 0 Å². The van der Waals surface area contributed by atoms with E-state index < -0.39 is 0 Å². The third kappa shape index (κ3) is 5.52. The summed E-state index contributed by atoms with van der Waals surface area (Å²) in [5.41, 5.74) is 3.83. The summed E-state index contributed by atoms with van der Waals surface area (Å²) in [4.78, 5) is 2.49. The molecular formula is C25H27NO2. The average Bonchev–Trinajstić information content (AvgIpc) is 3.58. The molecule has 3 heteroatoms. The highest BCUT2D eigenvalue weighted by Gasteiger charge is 2.37. The molecule has 0 aliphatic carbocycles. The van der Waals surface area contributed by atoms with Gasteiger partial charge in [0.2, 0.25) is 0 Å². The molecule has 0 bridgehead atoms. The second-order valence-electron chi connectivity index (χ2n) is 7.32. The van der Waals surface area contributed by atoms with Crippen molar-refractivity contribution in [3.05, 3.63) is 108 Å². The average molecular weight is 373 g/mol. The summed E-state index contributed by atoms with van der Waals surface area (Å²) in [6.07, 6.45) is 0.253. The minimum atomic E-state index is 0.240. The Balaban J connectivity index is 1.46. The third-order valence-corrected chi connectivity index (χ3v) is 5.11. The van der Waals surface area contributed by atoms with Crippen LogP contribution >= 0.6 is 0 Å². The Kier molecular flexibility index (Phi) is 6.51. The van der Waals surface area contributed by atoms with Crippen LogP contribution in [0.1, 0.15) is 16.7 Å². The molecule has 2 atom stereocenters. The lowest BCUT2D eigenvalue weighted by molar-refractivity contribution is 0.0304. The smallest absolute Gasteiger partial charge is 0.0987 e. The van der Waals surface area contributed by atoms with E-state index >= 15 is 0 Å². The largest absolute Gasteiger partial charge is 0.375 e. The minimum Gasteiger partial charge on any atom is -0.375 e. The van der Waals surface area contributed by atoms with Crippen LogP contribution in [0, 0.1) is 0 Å². The Morgan fingerprint density at radius 3 is 1.68 bits per heavy atom. The van der Waals surface area contributed by atoms with Gasteiger partial charge in [-0.3, -0.25) is 4.90 Å². The molecule has 28 heavy (non-hydrogen) atoms. The van der Waals surface area contributed by atoms with Crippen molar-refractivity contribution in [2.75, 3.05) is 13.2 Å². The van der Waals surface area contributed by atoms with Gasteiger partial charge in [-0.2, -0.15) is 0 Å². The number of benzene rings is 3. The molecule has 0 saturated carbocycles. The van der Waals surface area contributed by atoms with Crippen LogP contribution in [0.15, 0.2) is 91.0 Å². The van der Waals surface area contributed by atoms with Crippen molar-refractivity contribution < 1.29 is 9.47 Å². The molecule has 0 unspecified atom stereocenters. The van der Waals surface area contributed by atoms with Crippen LogP contribution in [0.4, 0.5) is 0 Å². The molecule has 144 valence electrons. The summed E-state index contributed by atoms with van der Waals surface area (Å²) >= 11 is 0. The molecule has 0 spiro atoms. The first kappa shape index (κ1) is 18.9. The van der Waals surface area contributed by atoms with E-state index in [0.717, 1.165) is 19.7 Å². The lowest BCUT2D eigenvalue weighted by Crippen LogP contribution is -2.41. The van der Waals surface area contributed by atoms with Crippen molar-refractivity contribution in [2.45, 2.75) is 31.8 Å². The van der Waals surface area contributed by atoms with E-state index in [-0.39, 0.29) is 12.1 Å². The summed E-state index contributed by atoms with van der Waals surface area (Å²) in [7, 11) is 0. The van der Waals surface area contributed by atoms with Crippen molar-refractivity contribution in [1.29, 1.82) is 0 Å². The first-order chi connectivity index (χ1) is 13.9. The van der Waals surface area contributed by atoms with Crippen molar-refractivity contribution in [3.63, 3.8) is 0 Å². The van der Waals surface area contributed by atoms with Gasteiger partial charge < -0.3 is 9.47 Å². The molecule has 3 aromatic rings. The first-order valence-electron chi connectivity index (χ1n) is 9.93. The SMILES string of the molecule is c1ccc(COC[C@@H]([C@@H]2CO2)N(Cc2ccccc2)Cc2ccccc2)cc1. The first-order valence-corrected chi connectivity index (χ1v) is 9.93. The number of epoxide rings is 1. The van der Waals surface area contributed by atoms with E-state index in [2.05, 4.69) is 89.8 Å². The second-order valence-corrected chi connectivity index (χ2v) is 7.32. The van der Waals surface area contributed by atoms with Gasteiger partial charge in [0, 0.05) is 13.1 Å². The summed E-state index contributed by atoms with van der Waals surface area (Å²) in [5, 5.41) is 0. The molecule has 3 nitrogen and oxygen atoms in total. The van der Waals surface area contributed by atoms with E-state index in [4.69, 9.17) is 9.47 Å². The lowest BCUT2D eigenvalue weighted by atomic mass is 10.1. The van der Waals surface area contributed by atoms with Crippen molar-refractivity contribution in [2.24, 2.45) is 0 Å².